The van der Waals surface area contributed by atoms with Crippen molar-refractivity contribution in [1.82, 2.24) is 5.32 Å². The van der Waals surface area contributed by atoms with Gasteiger partial charge in [-0.1, -0.05) is 15.9 Å². The zero-order valence-corrected chi connectivity index (χ0v) is 12.6. The quantitative estimate of drug-likeness (QED) is 0.630. The van der Waals surface area contributed by atoms with E-state index in [9.17, 15) is 14.4 Å². The number of hydrogen-bond donors (Lipinski definition) is 3. The van der Waals surface area contributed by atoms with Crippen molar-refractivity contribution < 1.29 is 24.2 Å². The van der Waals surface area contributed by atoms with E-state index in [2.05, 4.69) is 21.2 Å². The SMILES string of the molecule is NC(=O)CCC(NC(=O)COc1ccc(Br)cc1)C(=O)O. The number of hydrogen-bond acceptors (Lipinski definition) is 4. The van der Waals surface area contributed by atoms with Crippen molar-refractivity contribution in [3.05, 3.63) is 28.7 Å². The number of aliphatic carboxylic acids is 1. The first-order chi connectivity index (χ1) is 9.88. The van der Waals surface area contributed by atoms with Gasteiger partial charge in [-0.2, -0.15) is 0 Å². The Morgan fingerprint density at radius 2 is 1.90 bits per heavy atom. The summed E-state index contributed by atoms with van der Waals surface area (Å²) in [6.07, 6.45) is -0.181. The van der Waals surface area contributed by atoms with Crippen molar-refractivity contribution in [3.63, 3.8) is 0 Å². The van der Waals surface area contributed by atoms with Crippen LogP contribution >= 0.6 is 15.9 Å². The highest BCUT2D eigenvalue weighted by atomic mass is 79.9. The Hall–Kier alpha value is -2.09. The average Bonchev–Trinajstić information content (AvgIpc) is 2.42. The van der Waals surface area contributed by atoms with Crippen LogP contribution in [-0.2, 0) is 14.4 Å². The molecule has 1 rings (SSSR count). The maximum Gasteiger partial charge on any atom is 0.326 e. The molecule has 0 aliphatic heterocycles. The van der Waals surface area contributed by atoms with Crippen molar-refractivity contribution >= 4 is 33.7 Å². The summed E-state index contributed by atoms with van der Waals surface area (Å²) >= 11 is 3.27. The zero-order valence-electron chi connectivity index (χ0n) is 11.0. The van der Waals surface area contributed by atoms with Crippen molar-refractivity contribution in [3.8, 4) is 5.75 Å². The van der Waals surface area contributed by atoms with Gasteiger partial charge in [-0.15, -0.1) is 0 Å². The normalized spacial score (nSPS) is 11.5. The second-order valence-electron chi connectivity index (χ2n) is 4.21. The molecule has 7 nitrogen and oxygen atoms in total. The van der Waals surface area contributed by atoms with Gasteiger partial charge in [0.15, 0.2) is 6.61 Å². The minimum absolute atomic E-state index is 0.0608. The fourth-order valence-corrected chi connectivity index (χ4v) is 1.72. The first-order valence-corrected chi connectivity index (χ1v) is 6.86. The molecule has 0 aliphatic rings. The summed E-state index contributed by atoms with van der Waals surface area (Å²) in [4.78, 5) is 33.2. The van der Waals surface area contributed by atoms with Gasteiger partial charge >= 0.3 is 5.97 Å². The van der Waals surface area contributed by atoms with E-state index in [0.717, 1.165) is 4.47 Å². The Morgan fingerprint density at radius 3 is 2.43 bits per heavy atom. The summed E-state index contributed by atoms with van der Waals surface area (Å²) in [5.74, 6) is -1.96. The highest BCUT2D eigenvalue weighted by Crippen LogP contribution is 2.15. The fourth-order valence-electron chi connectivity index (χ4n) is 1.46. The van der Waals surface area contributed by atoms with Crippen LogP contribution in [0.3, 0.4) is 0 Å². The molecule has 0 fully saturated rings. The molecule has 0 saturated carbocycles. The monoisotopic (exact) mass is 358 g/mol. The number of ether oxygens (including phenoxy) is 1. The zero-order chi connectivity index (χ0) is 15.8. The third-order valence-corrected chi connectivity index (χ3v) is 3.02. The Kier molecular flexibility index (Phi) is 6.67. The van der Waals surface area contributed by atoms with Crippen molar-refractivity contribution in [1.29, 1.82) is 0 Å². The Bertz CT molecular complexity index is 518. The molecular weight excluding hydrogens is 344 g/mol. The van der Waals surface area contributed by atoms with Crippen LogP contribution in [0.15, 0.2) is 28.7 Å². The predicted molar refractivity (Wildman–Crippen MR) is 77.6 cm³/mol. The molecule has 0 heterocycles. The second-order valence-corrected chi connectivity index (χ2v) is 5.12. The summed E-state index contributed by atoms with van der Waals surface area (Å²) in [5.41, 5.74) is 4.95. The highest BCUT2D eigenvalue weighted by Gasteiger charge is 2.20. The number of nitrogens with one attached hydrogen (secondary N) is 1. The molecule has 1 aromatic rings. The van der Waals surface area contributed by atoms with Crippen LogP contribution in [0, 0.1) is 0 Å². The first kappa shape index (κ1) is 17.0. The van der Waals surface area contributed by atoms with Crippen molar-refractivity contribution in [2.75, 3.05) is 6.61 Å². The minimum atomic E-state index is -1.23. The van der Waals surface area contributed by atoms with E-state index in [4.69, 9.17) is 15.6 Å². The number of carbonyl (C=O) groups excluding carboxylic acids is 2. The largest absolute Gasteiger partial charge is 0.484 e. The molecule has 0 aromatic heterocycles. The highest BCUT2D eigenvalue weighted by molar-refractivity contribution is 9.10. The van der Waals surface area contributed by atoms with Crippen LogP contribution in [0.25, 0.3) is 0 Å². The number of rotatable bonds is 8. The summed E-state index contributed by atoms with van der Waals surface area (Å²) in [7, 11) is 0. The fraction of sp³-hybridized carbons (Fsp3) is 0.308. The minimum Gasteiger partial charge on any atom is -0.484 e. The van der Waals surface area contributed by atoms with Gasteiger partial charge in [0, 0.05) is 10.9 Å². The third-order valence-electron chi connectivity index (χ3n) is 2.50. The number of halogens is 1. The molecule has 1 aromatic carbocycles. The lowest BCUT2D eigenvalue weighted by molar-refractivity contribution is -0.142. The Balaban J connectivity index is 2.44. The molecule has 1 atom stereocenters. The van der Waals surface area contributed by atoms with Gasteiger partial charge < -0.3 is 20.9 Å². The van der Waals surface area contributed by atoms with Gasteiger partial charge in [0.25, 0.3) is 5.91 Å². The number of carboxylic acids is 1. The lowest BCUT2D eigenvalue weighted by Crippen LogP contribution is -2.43. The van der Waals surface area contributed by atoms with Crippen molar-refractivity contribution in [2.24, 2.45) is 5.73 Å². The van der Waals surface area contributed by atoms with Gasteiger partial charge in [-0.25, -0.2) is 4.79 Å². The predicted octanol–water partition coefficient (Wildman–Crippen LogP) is 0.663. The van der Waals surface area contributed by atoms with Crippen LogP contribution in [0.1, 0.15) is 12.8 Å². The smallest absolute Gasteiger partial charge is 0.326 e. The molecule has 0 spiro atoms. The molecule has 0 radical (unpaired) electrons. The lowest BCUT2D eigenvalue weighted by atomic mass is 10.1. The van der Waals surface area contributed by atoms with Gasteiger partial charge in [0.2, 0.25) is 5.91 Å². The Labute approximate surface area is 129 Å². The maximum atomic E-state index is 11.6. The Morgan fingerprint density at radius 1 is 1.29 bits per heavy atom. The van der Waals surface area contributed by atoms with Gasteiger partial charge in [0.05, 0.1) is 0 Å². The average molecular weight is 359 g/mol. The van der Waals surface area contributed by atoms with E-state index < -0.39 is 23.8 Å². The summed E-state index contributed by atoms with van der Waals surface area (Å²) in [5, 5.41) is 11.2. The van der Waals surface area contributed by atoms with E-state index in [1.165, 1.54) is 0 Å². The summed E-state index contributed by atoms with van der Waals surface area (Å²) in [6, 6.07) is 5.66. The standard InChI is InChI=1S/C13H15BrN2O5/c14-8-1-3-9(4-2-8)21-7-12(18)16-10(13(19)20)5-6-11(15)17/h1-4,10H,5-7H2,(H2,15,17)(H,16,18)(H,19,20). The van der Waals surface area contributed by atoms with Crippen LogP contribution in [0.4, 0.5) is 0 Å². The molecule has 114 valence electrons. The number of nitrogens with two attached hydrogens (primary N) is 1. The summed E-state index contributed by atoms with van der Waals surface area (Å²) < 4.78 is 6.08. The number of carbonyl (C=O) groups is 3. The van der Waals surface area contributed by atoms with Crippen LogP contribution in [-0.4, -0.2) is 35.5 Å². The molecule has 8 heteroatoms. The molecule has 0 aliphatic carbocycles. The summed E-state index contributed by atoms with van der Waals surface area (Å²) in [6.45, 7) is -0.317. The molecule has 21 heavy (non-hydrogen) atoms. The number of primary amides is 1. The van der Waals surface area contributed by atoms with Gasteiger partial charge in [-0.05, 0) is 30.7 Å². The van der Waals surface area contributed by atoms with Crippen LogP contribution in [0.2, 0.25) is 0 Å². The molecule has 1 unspecified atom stereocenters. The maximum absolute atomic E-state index is 11.6. The lowest BCUT2D eigenvalue weighted by Gasteiger charge is -2.14. The molecule has 0 bridgehead atoms. The van der Waals surface area contributed by atoms with E-state index in [1.54, 1.807) is 24.3 Å². The van der Waals surface area contributed by atoms with Gasteiger partial charge in [0.1, 0.15) is 11.8 Å². The van der Waals surface area contributed by atoms with E-state index in [1.807, 2.05) is 0 Å². The third kappa shape index (κ3) is 6.75. The van der Waals surface area contributed by atoms with E-state index >= 15 is 0 Å². The molecular formula is C13H15BrN2O5. The molecule has 0 saturated heterocycles. The molecule has 4 N–H and O–H groups in total. The number of amides is 2. The van der Waals surface area contributed by atoms with E-state index in [0.29, 0.717) is 5.75 Å². The second kappa shape index (κ2) is 8.25. The number of carboxylic acid groups (broad SMARTS) is 1. The van der Waals surface area contributed by atoms with Gasteiger partial charge in [-0.3, -0.25) is 9.59 Å². The van der Waals surface area contributed by atoms with Crippen molar-refractivity contribution in [2.45, 2.75) is 18.9 Å². The van der Waals surface area contributed by atoms with Crippen LogP contribution < -0.4 is 15.8 Å². The topological polar surface area (TPSA) is 119 Å². The van der Waals surface area contributed by atoms with E-state index in [-0.39, 0.29) is 19.4 Å². The molecule has 2 amide bonds. The first-order valence-electron chi connectivity index (χ1n) is 6.07. The number of benzene rings is 1. The van der Waals surface area contributed by atoms with Crippen LogP contribution in [0.5, 0.6) is 5.75 Å².